The van der Waals surface area contributed by atoms with Crippen LogP contribution in [0.25, 0.3) is 10.9 Å². The monoisotopic (exact) mass is 288 g/mol. The zero-order valence-electron chi connectivity index (χ0n) is 10.9. The van der Waals surface area contributed by atoms with E-state index in [4.69, 9.17) is 16.0 Å². The summed E-state index contributed by atoms with van der Waals surface area (Å²) in [6.07, 6.45) is 1.58. The highest BCUT2D eigenvalue weighted by Gasteiger charge is 2.14. The van der Waals surface area contributed by atoms with E-state index in [1.807, 2.05) is 31.2 Å². The lowest BCUT2D eigenvalue weighted by Gasteiger charge is -2.02. The van der Waals surface area contributed by atoms with Crippen molar-refractivity contribution >= 4 is 28.4 Å². The van der Waals surface area contributed by atoms with Gasteiger partial charge in [-0.25, -0.2) is 0 Å². The number of benzene rings is 1. The molecule has 0 fully saturated rings. The number of hydrogen-bond donors (Lipinski definition) is 2. The van der Waals surface area contributed by atoms with Gasteiger partial charge in [0.25, 0.3) is 5.91 Å². The van der Waals surface area contributed by atoms with E-state index in [1.54, 1.807) is 12.3 Å². The Kier molecular flexibility index (Phi) is 3.24. The fraction of sp³-hybridized carbons (Fsp3) is 0.133. The lowest BCUT2D eigenvalue weighted by atomic mass is 10.1. The predicted octanol–water partition coefficient (Wildman–Crippen LogP) is 3.65. The number of aromatic nitrogens is 1. The molecule has 3 rings (SSSR count). The van der Waals surface area contributed by atoms with Crippen LogP contribution in [-0.2, 0) is 6.54 Å². The summed E-state index contributed by atoms with van der Waals surface area (Å²) in [5, 5.41) is 4.46. The van der Waals surface area contributed by atoms with Gasteiger partial charge >= 0.3 is 0 Å². The molecule has 0 aliphatic heterocycles. The number of amides is 1. The average Bonchev–Trinajstić information content (AvgIpc) is 3.04. The van der Waals surface area contributed by atoms with Crippen molar-refractivity contribution in [3.05, 3.63) is 58.6 Å². The van der Waals surface area contributed by atoms with E-state index in [9.17, 15) is 4.79 Å². The van der Waals surface area contributed by atoms with Crippen molar-refractivity contribution in [3.8, 4) is 0 Å². The lowest BCUT2D eigenvalue weighted by Crippen LogP contribution is -2.23. The second-order valence-electron chi connectivity index (χ2n) is 4.58. The average molecular weight is 289 g/mol. The maximum atomic E-state index is 12.2. The highest BCUT2D eigenvalue weighted by molar-refractivity contribution is 6.31. The van der Waals surface area contributed by atoms with Gasteiger partial charge in [-0.1, -0.05) is 17.7 Å². The minimum absolute atomic E-state index is 0.161. The predicted molar refractivity (Wildman–Crippen MR) is 77.9 cm³/mol. The molecule has 3 aromatic rings. The van der Waals surface area contributed by atoms with Crippen LogP contribution in [0.2, 0.25) is 5.02 Å². The Labute approximate surface area is 120 Å². The van der Waals surface area contributed by atoms with Gasteiger partial charge in [-0.05, 0) is 36.8 Å². The fourth-order valence-corrected chi connectivity index (χ4v) is 2.38. The molecule has 0 saturated heterocycles. The van der Waals surface area contributed by atoms with E-state index in [0.717, 1.165) is 22.2 Å². The summed E-state index contributed by atoms with van der Waals surface area (Å²) in [5.41, 5.74) is 2.32. The Morgan fingerprint density at radius 3 is 3.00 bits per heavy atom. The second-order valence-corrected chi connectivity index (χ2v) is 5.01. The van der Waals surface area contributed by atoms with Gasteiger partial charge < -0.3 is 14.7 Å². The van der Waals surface area contributed by atoms with Gasteiger partial charge in [0.05, 0.1) is 12.8 Å². The van der Waals surface area contributed by atoms with Crippen LogP contribution < -0.4 is 5.32 Å². The molecule has 1 amide bonds. The quantitative estimate of drug-likeness (QED) is 0.773. The SMILES string of the molecule is Cc1c(C(=O)NCc2ccco2)[nH]c2cc(Cl)ccc12. The third-order valence-electron chi connectivity index (χ3n) is 3.25. The van der Waals surface area contributed by atoms with Crippen LogP contribution in [0.5, 0.6) is 0 Å². The van der Waals surface area contributed by atoms with Crippen LogP contribution >= 0.6 is 11.6 Å². The molecule has 2 aromatic heterocycles. The summed E-state index contributed by atoms with van der Waals surface area (Å²) in [7, 11) is 0. The standard InChI is InChI=1S/C15H13ClN2O2/c1-9-12-5-4-10(16)7-13(12)18-14(9)15(19)17-8-11-3-2-6-20-11/h2-7,18H,8H2,1H3,(H,17,19). The summed E-state index contributed by atoms with van der Waals surface area (Å²) in [6.45, 7) is 2.27. The van der Waals surface area contributed by atoms with Crippen molar-refractivity contribution in [1.29, 1.82) is 0 Å². The molecular formula is C15H13ClN2O2. The molecule has 0 spiro atoms. The first-order chi connectivity index (χ1) is 9.65. The van der Waals surface area contributed by atoms with Gasteiger partial charge in [0, 0.05) is 15.9 Å². The topological polar surface area (TPSA) is 58.0 Å². The highest BCUT2D eigenvalue weighted by Crippen LogP contribution is 2.24. The molecule has 20 heavy (non-hydrogen) atoms. The molecule has 2 N–H and O–H groups in total. The molecular weight excluding hydrogens is 276 g/mol. The first-order valence-electron chi connectivity index (χ1n) is 6.23. The number of carbonyl (C=O) groups is 1. The summed E-state index contributed by atoms with van der Waals surface area (Å²) in [4.78, 5) is 15.3. The number of aromatic amines is 1. The second kappa shape index (κ2) is 5.06. The molecule has 1 aromatic carbocycles. The van der Waals surface area contributed by atoms with Crippen molar-refractivity contribution in [2.75, 3.05) is 0 Å². The Hall–Kier alpha value is -2.20. The fourth-order valence-electron chi connectivity index (χ4n) is 2.21. The number of hydrogen-bond acceptors (Lipinski definition) is 2. The number of fused-ring (bicyclic) bond motifs is 1. The Morgan fingerprint density at radius 1 is 1.40 bits per heavy atom. The minimum Gasteiger partial charge on any atom is -0.467 e. The maximum absolute atomic E-state index is 12.2. The Bertz CT molecular complexity index is 760. The largest absolute Gasteiger partial charge is 0.467 e. The first-order valence-corrected chi connectivity index (χ1v) is 6.61. The number of rotatable bonds is 3. The van der Waals surface area contributed by atoms with E-state index < -0.39 is 0 Å². The number of furan rings is 1. The summed E-state index contributed by atoms with van der Waals surface area (Å²) in [6, 6.07) is 9.14. The lowest BCUT2D eigenvalue weighted by molar-refractivity contribution is 0.0943. The van der Waals surface area contributed by atoms with Gasteiger partial charge in [0.1, 0.15) is 11.5 Å². The molecule has 0 bridgehead atoms. The smallest absolute Gasteiger partial charge is 0.268 e. The molecule has 0 radical (unpaired) electrons. The molecule has 102 valence electrons. The molecule has 0 aliphatic rings. The van der Waals surface area contributed by atoms with Gasteiger partial charge in [-0.15, -0.1) is 0 Å². The van der Waals surface area contributed by atoms with E-state index in [0.29, 0.717) is 17.3 Å². The number of H-pyrrole nitrogens is 1. The van der Waals surface area contributed by atoms with E-state index in [2.05, 4.69) is 10.3 Å². The zero-order valence-corrected chi connectivity index (χ0v) is 11.6. The minimum atomic E-state index is -0.161. The van der Waals surface area contributed by atoms with E-state index in [-0.39, 0.29) is 5.91 Å². The van der Waals surface area contributed by atoms with Crippen molar-refractivity contribution in [2.24, 2.45) is 0 Å². The molecule has 0 unspecified atom stereocenters. The van der Waals surface area contributed by atoms with Gasteiger partial charge in [0.15, 0.2) is 0 Å². The van der Waals surface area contributed by atoms with Gasteiger partial charge in [-0.3, -0.25) is 4.79 Å². The summed E-state index contributed by atoms with van der Waals surface area (Å²) in [5.74, 6) is 0.557. The number of carbonyl (C=O) groups excluding carboxylic acids is 1. The van der Waals surface area contributed by atoms with Gasteiger partial charge in [-0.2, -0.15) is 0 Å². The molecule has 4 nitrogen and oxygen atoms in total. The molecule has 0 saturated carbocycles. The molecule has 2 heterocycles. The molecule has 5 heteroatoms. The van der Waals surface area contributed by atoms with Crippen LogP contribution in [-0.4, -0.2) is 10.9 Å². The van der Waals surface area contributed by atoms with Crippen molar-refractivity contribution < 1.29 is 9.21 Å². The van der Waals surface area contributed by atoms with E-state index in [1.165, 1.54) is 0 Å². The number of nitrogens with one attached hydrogen (secondary N) is 2. The van der Waals surface area contributed by atoms with Crippen molar-refractivity contribution in [1.82, 2.24) is 10.3 Å². The van der Waals surface area contributed by atoms with Crippen LogP contribution in [0, 0.1) is 6.92 Å². The summed E-state index contributed by atoms with van der Waals surface area (Å²) >= 11 is 5.96. The number of aryl methyl sites for hydroxylation is 1. The van der Waals surface area contributed by atoms with Crippen LogP contribution in [0.15, 0.2) is 41.0 Å². The summed E-state index contributed by atoms with van der Waals surface area (Å²) < 4.78 is 5.18. The molecule has 0 atom stereocenters. The zero-order chi connectivity index (χ0) is 14.1. The maximum Gasteiger partial charge on any atom is 0.268 e. The van der Waals surface area contributed by atoms with Gasteiger partial charge in [0.2, 0.25) is 0 Å². The number of halogens is 1. The highest BCUT2D eigenvalue weighted by atomic mass is 35.5. The third kappa shape index (κ3) is 2.30. The van der Waals surface area contributed by atoms with E-state index >= 15 is 0 Å². The van der Waals surface area contributed by atoms with Crippen molar-refractivity contribution in [2.45, 2.75) is 13.5 Å². The van der Waals surface area contributed by atoms with Crippen LogP contribution in [0.4, 0.5) is 0 Å². The Morgan fingerprint density at radius 2 is 2.25 bits per heavy atom. The van der Waals surface area contributed by atoms with Crippen molar-refractivity contribution in [3.63, 3.8) is 0 Å². The Balaban J connectivity index is 1.85. The third-order valence-corrected chi connectivity index (χ3v) is 3.49. The first kappa shape index (κ1) is 12.8. The normalized spacial score (nSPS) is 10.9. The van der Waals surface area contributed by atoms with Crippen LogP contribution in [0.3, 0.4) is 0 Å². The molecule has 0 aliphatic carbocycles. The van der Waals surface area contributed by atoms with Crippen LogP contribution in [0.1, 0.15) is 21.8 Å².